The first-order valence-corrected chi connectivity index (χ1v) is 7.48. The SMILES string of the molecule is CC(n1c(CCCl)nc2c(Cl)cccc21)C(C)(C)C. The third-order valence-electron chi connectivity index (χ3n) is 3.70. The lowest BCUT2D eigenvalue weighted by atomic mass is 9.87. The summed E-state index contributed by atoms with van der Waals surface area (Å²) in [6.45, 7) is 8.93. The Balaban J connectivity index is 2.68. The molecule has 104 valence electrons. The van der Waals surface area contributed by atoms with E-state index < -0.39 is 0 Å². The second kappa shape index (κ2) is 5.34. The van der Waals surface area contributed by atoms with E-state index in [1.807, 2.05) is 12.1 Å². The topological polar surface area (TPSA) is 17.8 Å². The molecule has 0 saturated heterocycles. The van der Waals surface area contributed by atoms with Gasteiger partial charge in [-0.05, 0) is 24.5 Å². The van der Waals surface area contributed by atoms with E-state index in [2.05, 4.69) is 43.3 Å². The van der Waals surface area contributed by atoms with E-state index in [0.717, 1.165) is 23.3 Å². The van der Waals surface area contributed by atoms with Gasteiger partial charge in [0.05, 0.1) is 10.5 Å². The van der Waals surface area contributed by atoms with E-state index >= 15 is 0 Å². The number of hydrogen-bond donors (Lipinski definition) is 0. The summed E-state index contributed by atoms with van der Waals surface area (Å²) in [6.07, 6.45) is 0.757. The highest BCUT2D eigenvalue weighted by molar-refractivity contribution is 6.34. The number of alkyl halides is 1. The van der Waals surface area contributed by atoms with Crippen LogP contribution in [0.2, 0.25) is 5.02 Å². The van der Waals surface area contributed by atoms with Gasteiger partial charge >= 0.3 is 0 Å². The molecule has 0 aliphatic carbocycles. The van der Waals surface area contributed by atoms with E-state index in [9.17, 15) is 0 Å². The van der Waals surface area contributed by atoms with Gasteiger partial charge in [0.25, 0.3) is 0 Å². The Bertz CT molecular complexity index is 582. The highest BCUT2D eigenvalue weighted by Crippen LogP contribution is 2.35. The number of benzene rings is 1. The number of nitrogens with zero attached hydrogens (tertiary/aromatic N) is 2. The molecule has 1 heterocycles. The summed E-state index contributed by atoms with van der Waals surface area (Å²) in [5, 5.41) is 0.702. The molecule has 2 rings (SSSR count). The molecule has 19 heavy (non-hydrogen) atoms. The Morgan fingerprint density at radius 2 is 2.00 bits per heavy atom. The molecule has 1 aromatic heterocycles. The van der Waals surface area contributed by atoms with E-state index in [0.29, 0.717) is 16.9 Å². The van der Waals surface area contributed by atoms with Crippen LogP contribution in [0.1, 0.15) is 39.6 Å². The van der Waals surface area contributed by atoms with Crippen LogP contribution >= 0.6 is 23.2 Å². The third-order valence-corrected chi connectivity index (χ3v) is 4.20. The van der Waals surface area contributed by atoms with E-state index in [1.54, 1.807) is 0 Å². The summed E-state index contributed by atoms with van der Waals surface area (Å²) in [7, 11) is 0. The van der Waals surface area contributed by atoms with Gasteiger partial charge < -0.3 is 4.57 Å². The molecule has 0 bridgehead atoms. The second-order valence-electron chi connectivity index (χ2n) is 5.99. The molecular formula is C15H20Cl2N2. The Morgan fingerprint density at radius 1 is 1.32 bits per heavy atom. The van der Waals surface area contributed by atoms with Crippen LogP contribution in [0.4, 0.5) is 0 Å². The Hall–Kier alpha value is -0.730. The number of aromatic nitrogens is 2. The van der Waals surface area contributed by atoms with Crippen molar-refractivity contribution < 1.29 is 0 Å². The molecule has 0 amide bonds. The van der Waals surface area contributed by atoms with Crippen molar-refractivity contribution in [3.05, 3.63) is 29.0 Å². The third kappa shape index (κ3) is 2.75. The zero-order valence-electron chi connectivity index (χ0n) is 11.9. The van der Waals surface area contributed by atoms with Crippen LogP contribution in [0, 0.1) is 5.41 Å². The number of rotatable bonds is 3. The molecule has 0 aliphatic heterocycles. The number of aryl methyl sites for hydroxylation is 1. The molecule has 0 aliphatic rings. The van der Waals surface area contributed by atoms with Crippen molar-refractivity contribution >= 4 is 34.2 Å². The minimum atomic E-state index is 0.150. The highest BCUT2D eigenvalue weighted by Gasteiger charge is 2.26. The normalized spacial score (nSPS) is 14.0. The van der Waals surface area contributed by atoms with Crippen molar-refractivity contribution in [3.63, 3.8) is 0 Å². The van der Waals surface area contributed by atoms with Crippen molar-refractivity contribution in [3.8, 4) is 0 Å². The van der Waals surface area contributed by atoms with Crippen LogP contribution in [0.25, 0.3) is 11.0 Å². The minimum Gasteiger partial charge on any atom is -0.325 e. The molecule has 0 radical (unpaired) electrons. The fourth-order valence-corrected chi connectivity index (χ4v) is 2.59. The van der Waals surface area contributed by atoms with Gasteiger partial charge in [0.15, 0.2) is 0 Å². The molecule has 0 spiro atoms. The van der Waals surface area contributed by atoms with Crippen LogP contribution in [0.3, 0.4) is 0 Å². The molecule has 1 aromatic carbocycles. The summed E-state index contributed by atoms with van der Waals surface area (Å²) in [5.74, 6) is 1.58. The van der Waals surface area contributed by atoms with Crippen LogP contribution < -0.4 is 0 Å². The lowest BCUT2D eigenvalue weighted by Crippen LogP contribution is -2.23. The van der Waals surface area contributed by atoms with Gasteiger partial charge in [-0.2, -0.15) is 0 Å². The van der Waals surface area contributed by atoms with E-state index in [1.165, 1.54) is 0 Å². The predicted octanol–water partition coefficient (Wildman–Crippen LogP) is 5.08. The first-order valence-electron chi connectivity index (χ1n) is 6.57. The number of para-hydroxylation sites is 1. The fraction of sp³-hybridized carbons (Fsp3) is 0.533. The lowest BCUT2D eigenvalue weighted by Gasteiger charge is -2.30. The molecule has 2 aromatic rings. The maximum absolute atomic E-state index is 6.25. The minimum absolute atomic E-state index is 0.150. The summed E-state index contributed by atoms with van der Waals surface area (Å²) in [5.41, 5.74) is 2.12. The fourth-order valence-electron chi connectivity index (χ4n) is 2.21. The van der Waals surface area contributed by atoms with E-state index in [-0.39, 0.29) is 5.41 Å². The Labute approximate surface area is 124 Å². The largest absolute Gasteiger partial charge is 0.325 e. The first kappa shape index (κ1) is 14.7. The average Bonchev–Trinajstić information content (AvgIpc) is 2.67. The number of halogens is 2. The monoisotopic (exact) mass is 298 g/mol. The van der Waals surface area contributed by atoms with Gasteiger partial charge in [0.2, 0.25) is 0 Å². The van der Waals surface area contributed by atoms with Crippen molar-refractivity contribution in [2.24, 2.45) is 5.41 Å². The standard InChI is InChI=1S/C15H20Cl2N2/c1-10(15(2,3)4)19-12-7-5-6-11(17)14(12)18-13(19)8-9-16/h5-7,10H,8-9H2,1-4H3. The first-order chi connectivity index (χ1) is 8.86. The number of fused-ring (bicyclic) bond motifs is 1. The zero-order valence-corrected chi connectivity index (χ0v) is 13.4. The Morgan fingerprint density at radius 3 is 2.58 bits per heavy atom. The molecule has 0 N–H and O–H groups in total. The summed E-state index contributed by atoms with van der Waals surface area (Å²) in [4.78, 5) is 4.68. The lowest BCUT2D eigenvalue weighted by molar-refractivity contribution is 0.263. The maximum Gasteiger partial charge on any atom is 0.111 e. The van der Waals surface area contributed by atoms with E-state index in [4.69, 9.17) is 23.2 Å². The molecule has 0 saturated carbocycles. The molecular weight excluding hydrogens is 279 g/mol. The molecule has 2 nitrogen and oxygen atoms in total. The van der Waals surface area contributed by atoms with Crippen molar-refractivity contribution in [1.29, 1.82) is 0 Å². The molecule has 1 unspecified atom stereocenters. The van der Waals surface area contributed by atoms with Crippen molar-refractivity contribution in [1.82, 2.24) is 9.55 Å². The van der Waals surface area contributed by atoms with Gasteiger partial charge in [0.1, 0.15) is 11.3 Å². The van der Waals surface area contributed by atoms with Crippen LogP contribution in [-0.4, -0.2) is 15.4 Å². The smallest absolute Gasteiger partial charge is 0.111 e. The summed E-state index contributed by atoms with van der Waals surface area (Å²) >= 11 is 12.2. The number of hydrogen-bond acceptors (Lipinski definition) is 1. The van der Waals surface area contributed by atoms with Gasteiger partial charge in [-0.3, -0.25) is 0 Å². The van der Waals surface area contributed by atoms with Crippen molar-refractivity contribution in [2.45, 2.75) is 40.2 Å². The molecule has 0 fully saturated rings. The quantitative estimate of drug-likeness (QED) is 0.723. The summed E-state index contributed by atoms with van der Waals surface area (Å²) in [6, 6.07) is 6.26. The predicted molar refractivity (Wildman–Crippen MR) is 83.3 cm³/mol. The maximum atomic E-state index is 6.25. The summed E-state index contributed by atoms with van der Waals surface area (Å²) < 4.78 is 2.28. The zero-order chi connectivity index (χ0) is 14.2. The second-order valence-corrected chi connectivity index (χ2v) is 6.77. The van der Waals surface area contributed by atoms with Crippen LogP contribution in [-0.2, 0) is 6.42 Å². The Kier molecular flexibility index (Phi) is 4.12. The average molecular weight is 299 g/mol. The van der Waals surface area contributed by atoms with Gasteiger partial charge in [-0.15, -0.1) is 11.6 Å². The number of imidazole rings is 1. The van der Waals surface area contributed by atoms with Crippen molar-refractivity contribution in [2.75, 3.05) is 5.88 Å². The van der Waals surface area contributed by atoms with Crippen LogP contribution in [0.5, 0.6) is 0 Å². The molecule has 1 atom stereocenters. The highest BCUT2D eigenvalue weighted by atomic mass is 35.5. The molecule has 4 heteroatoms. The van der Waals surface area contributed by atoms with Gasteiger partial charge in [-0.1, -0.05) is 38.4 Å². The van der Waals surface area contributed by atoms with Crippen LogP contribution in [0.15, 0.2) is 18.2 Å². The van der Waals surface area contributed by atoms with Gasteiger partial charge in [0, 0.05) is 18.3 Å². The van der Waals surface area contributed by atoms with Gasteiger partial charge in [-0.25, -0.2) is 4.98 Å².